The van der Waals surface area contributed by atoms with Crippen molar-refractivity contribution in [2.45, 2.75) is 51.1 Å². The molecule has 4 rings (SSSR count). The lowest BCUT2D eigenvalue weighted by Crippen LogP contribution is -2.51. The molecular weight excluding hydrogens is 531 g/mol. The number of carbonyl (C=O) groups is 1. The first-order chi connectivity index (χ1) is 19.7. The van der Waals surface area contributed by atoms with E-state index in [9.17, 15) is 23.1 Å². The van der Waals surface area contributed by atoms with Crippen molar-refractivity contribution in [3.05, 3.63) is 101 Å². The van der Waals surface area contributed by atoms with E-state index in [1.54, 1.807) is 53.2 Å². The van der Waals surface area contributed by atoms with Crippen LogP contribution >= 0.6 is 0 Å². The van der Waals surface area contributed by atoms with Gasteiger partial charge in [-0.3, -0.25) is 9.89 Å². The van der Waals surface area contributed by atoms with Crippen molar-refractivity contribution >= 4 is 11.9 Å². The van der Waals surface area contributed by atoms with E-state index in [2.05, 4.69) is 6.58 Å². The normalized spacial score (nSPS) is 20.0. The van der Waals surface area contributed by atoms with Crippen LogP contribution in [-0.2, 0) is 5.92 Å². The van der Waals surface area contributed by atoms with Crippen molar-refractivity contribution in [2.24, 2.45) is 4.99 Å². The van der Waals surface area contributed by atoms with Crippen LogP contribution in [-0.4, -0.2) is 59.1 Å². The van der Waals surface area contributed by atoms with E-state index < -0.39 is 23.8 Å². The molecule has 2 unspecified atom stereocenters. The molecule has 2 amide bonds. The number of hydrogen-bond donors (Lipinski definition) is 1. The Hall–Kier alpha value is -3.85. The third-order valence-corrected chi connectivity index (χ3v) is 7.21. The van der Waals surface area contributed by atoms with Crippen molar-refractivity contribution in [1.82, 2.24) is 9.80 Å². The van der Waals surface area contributed by atoms with Crippen LogP contribution in [0.3, 0.4) is 0 Å². The summed E-state index contributed by atoms with van der Waals surface area (Å²) in [5, 5.41) is 9.56. The Morgan fingerprint density at radius 1 is 1.17 bits per heavy atom. The van der Waals surface area contributed by atoms with Gasteiger partial charge in [-0.25, -0.2) is 18.0 Å². The third-order valence-electron chi connectivity index (χ3n) is 7.21. The zero-order valence-electron chi connectivity index (χ0n) is 23.4. The van der Waals surface area contributed by atoms with Gasteiger partial charge in [-0.2, -0.15) is 0 Å². The second kappa shape index (κ2) is 13.2. The standard InChI is InChI=1S/C32H36F3N3O3/c1-4-10-23(11-9-20-39)29-28(22-12-15-25(33)16-13-22)36-30(38(29)31(40)37-18-7-6-8-19-37)26-17-14-24(32(3,34)35)21-27(26)41-5-2/h4,9-17,21,28-29,39H,1,5-8,18-20H2,2-3H3/b11-9-,23-10+. The summed E-state index contributed by atoms with van der Waals surface area (Å²) in [6, 6.07) is 8.37. The minimum absolute atomic E-state index is 0.181. The van der Waals surface area contributed by atoms with E-state index in [0.717, 1.165) is 26.2 Å². The van der Waals surface area contributed by atoms with Crippen molar-refractivity contribution < 1.29 is 27.8 Å². The fourth-order valence-electron chi connectivity index (χ4n) is 5.26. The Balaban J connectivity index is 1.96. The summed E-state index contributed by atoms with van der Waals surface area (Å²) in [4.78, 5) is 22.7. The van der Waals surface area contributed by atoms with E-state index in [-0.39, 0.29) is 36.4 Å². The van der Waals surface area contributed by atoms with Gasteiger partial charge in [0.2, 0.25) is 0 Å². The average molecular weight is 568 g/mol. The lowest BCUT2D eigenvalue weighted by molar-refractivity contribution is 0.0172. The lowest BCUT2D eigenvalue weighted by atomic mass is 9.92. The number of rotatable bonds is 9. The van der Waals surface area contributed by atoms with E-state index in [1.807, 2.05) is 0 Å². The monoisotopic (exact) mass is 567 g/mol. The predicted molar refractivity (Wildman–Crippen MR) is 154 cm³/mol. The molecule has 0 aliphatic carbocycles. The summed E-state index contributed by atoms with van der Waals surface area (Å²) in [5.41, 5.74) is 1.47. The van der Waals surface area contributed by atoms with Crippen LogP contribution in [0.15, 0.2) is 83.9 Å². The topological polar surface area (TPSA) is 65.4 Å². The fraction of sp³-hybridized carbons (Fsp3) is 0.375. The van der Waals surface area contributed by atoms with Gasteiger partial charge in [0.1, 0.15) is 23.4 Å². The van der Waals surface area contributed by atoms with E-state index in [1.165, 1.54) is 30.3 Å². The summed E-state index contributed by atoms with van der Waals surface area (Å²) in [7, 11) is 0. The van der Waals surface area contributed by atoms with Gasteiger partial charge in [-0.1, -0.05) is 49.1 Å². The number of aliphatic hydroxyl groups is 1. The highest BCUT2D eigenvalue weighted by Crippen LogP contribution is 2.41. The minimum atomic E-state index is -3.10. The maximum atomic E-state index is 14.3. The number of halogens is 3. The molecule has 1 saturated heterocycles. The number of ether oxygens (including phenoxy) is 1. The highest BCUT2D eigenvalue weighted by Gasteiger charge is 2.45. The second-order valence-electron chi connectivity index (χ2n) is 10.1. The number of aliphatic hydroxyl groups excluding tert-OH is 1. The van der Waals surface area contributed by atoms with Gasteiger partial charge in [0.25, 0.3) is 5.92 Å². The first-order valence-corrected chi connectivity index (χ1v) is 13.9. The fourth-order valence-corrected chi connectivity index (χ4v) is 5.26. The number of nitrogens with zero attached hydrogens (tertiary/aromatic N) is 3. The van der Waals surface area contributed by atoms with Crippen LogP contribution in [0.25, 0.3) is 0 Å². The summed E-state index contributed by atoms with van der Waals surface area (Å²) in [6.07, 6.45) is 9.35. The summed E-state index contributed by atoms with van der Waals surface area (Å²) < 4.78 is 48.3. The highest BCUT2D eigenvalue weighted by molar-refractivity contribution is 6.11. The number of amidine groups is 1. The first kappa shape index (κ1) is 30.1. The molecule has 41 heavy (non-hydrogen) atoms. The van der Waals surface area contributed by atoms with E-state index in [4.69, 9.17) is 9.73 Å². The molecule has 0 saturated carbocycles. The van der Waals surface area contributed by atoms with Gasteiger partial charge in [-0.15, -0.1) is 0 Å². The first-order valence-electron chi connectivity index (χ1n) is 13.9. The second-order valence-corrected chi connectivity index (χ2v) is 10.1. The molecule has 2 aliphatic rings. The zero-order chi connectivity index (χ0) is 29.6. The minimum Gasteiger partial charge on any atom is -0.493 e. The van der Waals surface area contributed by atoms with Crippen LogP contribution in [0.2, 0.25) is 0 Å². The molecule has 2 atom stereocenters. The summed E-state index contributed by atoms with van der Waals surface area (Å²) >= 11 is 0. The molecule has 1 fully saturated rings. The number of benzene rings is 2. The molecule has 2 aromatic carbocycles. The van der Waals surface area contributed by atoms with Gasteiger partial charge in [0.15, 0.2) is 0 Å². The SMILES string of the molecule is C=C/C=C(\C=C/CO)C1C(c2ccc(F)cc2)N=C(c2ccc(C(C)(F)F)cc2OCC)N1C(=O)N1CCCCC1. The molecule has 218 valence electrons. The molecule has 2 aromatic rings. The van der Waals surface area contributed by atoms with Crippen molar-refractivity contribution in [2.75, 3.05) is 26.3 Å². The van der Waals surface area contributed by atoms with Gasteiger partial charge in [-0.05, 0) is 61.6 Å². The number of urea groups is 1. The highest BCUT2D eigenvalue weighted by atomic mass is 19.3. The third kappa shape index (κ3) is 6.73. The van der Waals surface area contributed by atoms with Crippen molar-refractivity contribution in [1.29, 1.82) is 0 Å². The van der Waals surface area contributed by atoms with Crippen molar-refractivity contribution in [3.8, 4) is 5.75 Å². The number of amides is 2. The Labute approximate surface area is 239 Å². The van der Waals surface area contributed by atoms with Crippen LogP contribution in [0.1, 0.15) is 55.8 Å². The van der Waals surface area contributed by atoms with Gasteiger partial charge in [0.05, 0.1) is 24.8 Å². The molecular formula is C32H36F3N3O3. The van der Waals surface area contributed by atoms with Gasteiger partial charge < -0.3 is 14.7 Å². The summed E-state index contributed by atoms with van der Waals surface area (Å²) in [6.45, 7) is 7.53. The molecule has 0 radical (unpaired) electrons. The lowest BCUT2D eigenvalue weighted by Gasteiger charge is -2.36. The number of piperidine rings is 1. The molecule has 0 bridgehead atoms. The maximum Gasteiger partial charge on any atom is 0.326 e. The molecule has 6 nitrogen and oxygen atoms in total. The molecule has 2 aliphatic heterocycles. The van der Waals surface area contributed by atoms with Crippen LogP contribution in [0.5, 0.6) is 5.75 Å². The number of aliphatic imine (C=N–C) groups is 1. The van der Waals surface area contributed by atoms with Gasteiger partial charge >= 0.3 is 6.03 Å². The molecule has 0 aromatic heterocycles. The van der Waals surface area contributed by atoms with Crippen LogP contribution in [0, 0.1) is 5.82 Å². The Bertz CT molecular complexity index is 1330. The Morgan fingerprint density at radius 3 is 2.49 bits per heavy atom. The predicted octanol–water partition coefficient (Wildman–Crippen LogP) is 6.78. The number of alkyl halides is 2. The van der Waals surface area contributed by atoms with Crippen molar-refractivity contribution in [3.63, 3.8) is 0 Å². The average Bonchev–Trinajstić information content (AvgIpc) is 3.35. The molecule has 2 heterocycles. The van der Waals surface area contributed by atoms with Crippen LogP contribution in [0.4, 0.5) is 18.0 Å². The number of allylic oxidation sites excluding steroid dienone is 2. The number of carbonyl (C=O) groups excluding carboxylic acids is 1. The Morgan fingerprint density at radius 2 is 1.88 bits per heavy atom. The number of hydrogen-bond acceptors (Lipinski definition) is 4. The molecule has 9 heteroatoms. The molecule has 0 spiro atoms. The van der Waals surface area contributed by atoms with E-state index in [0.29, 0.717) is 29.8 Å². The maximum absolute atomic E-state index is 14.3. The van der Waals surface area contributed by atoms with Crippen LogP contribution < -0.4 is 4.74 Å². The quantitative estimate of drug-likeness (QED) is 0.340. The van der Waals surface area contributed by atoms with Gasteiger partial charge in [0, 0.05) is 25.6 Å². The van der Waals surface area contributed by atoms with E-state index >= 15 is 0 Å². The summed E-state index contributed by atoms with van der Waals surface area (Å²) in [5.74, 6) is -3.06. The Kier molecular flexibility index (Phi) is 9.70. The largest absolute Gasteiger partial charge is 0.493 e. The smallest absolute Gasteiger partial charge is 0.326 e. The molecule has 1 N–H and O–H groups in total. The number of likely N-dealkylation sites (tertiary alicyclic amines) is 1. The zero-order valence-corrected chi connectivity index (χ0v) is 23.4.